The number of nitrogens with zero attached hydrogens (tertiary/aromatic N) is 2. The lowest BCUT2D eigenvalue weighted by Crippen LogP contribution is -2.11. The summed E-state index contributed by atoms with van der Waals surface area (Å²) in [5.74, 6) is 0.287. The number of methoxy groups -OCH3 is 1. The second kappa shape index (κ2) is 6.96. The topological polar surface area (TPSA) is 109 Å². The van der Waals surface area contributed by atoms with Crippen molar-refractivity contribution in [3.05, 3.63) is 60.0 Å². The van der Waals surface area contributed by atoms with Crippen molar-refractivity contribution in [2.45, 2.75) is 11.8 Å². The predicted molar refractivity (Wildman–Crippen MR) is 90.1 cm³/mol. The highest BCUT2D eigenvalue weighted by molar-refractivity contribution is 7.87. The van der Waals surface area contributed by atoms with Crippen LogP contribution in [0.1, 0.15) is 16.2 Å². The monoisotopic (exact) mass is 374 g/mol. The maximum atomic E-state index is 12.4. The number of hydrogen-bond acceptors (Lipinski definition) is 8. The molecule has 0 saturated heterocycles. The van der Waals surface area contributed by atoms with Crippen molar-refractivity contribution in [3.63, 3.8) is 0 Å². The Morgan fingerprint density at radius 2 is 1.85 bits per heavy atom. The van der Waals surface area contributed by atoms with Crippen LogP contribution in [0.3, 0.4) is 0 Å². The lowest BCUT2D eigenvalue weighted by Gasteiger charge is -2.08. The molecule has 3 aromatic rings. The molecule has 0 aliphatic rings. The minimum Gasteiger partial charge on any atom is -0.465 e. The average molecular weight is 374 g/mol. The van der Waals surface area contributed by atoms with Crippen LogP contribution < -0.4 is 4.18 Å². The van der Waals surface area contributed by atoms with Crippen LogP contribution in [0.5, 0.6) is 5.75 Å². The molecule has 0 amide bonds. The summed E-state index contributed by atoms with van der Waals surface area (Å²) in [7, 11) is -2.89. The molecular weight excluding hydrogens is 360 g/mol. The zero-order chi connectivity index (χ0) is 18.7. The van der Waals surface area contributed by atoms with Gasteiger partial charge in [-0.3, -0.25) is 0 Å². The number of carbonyl (C=O) groups is 1. The number of benzene rings is 2. The molecule has 0 spiro atoms. The third kappa shape index (κ3) is 3.72. The fourth-order valence-corrected chi connectivity index (χ4v) is 3.12. The second-order valence-corrected chi connectivity index (χ2v) is 6.76. The van der Waals surface area contributed by atoms with Gasteiger partial charge < -0.3 is 13.4 Å². The fourth-order valence-electron chi connectivity index (χ4n) is 2.15. The lowest BCUT2D eigenvalue weighted by molar-refractivity contribution is 0.0600. The Balaban J connectivity index is 1.82. The van der Waals surface area contributed by atoms with E-state index in [1.54, 1.807) is 19.1 Å². The predicted octanol–water partition coefficient (Wildman–Crippen LogP) is 2.60. The normalized spacial score (nSPS) is 11.2. The van der Waals surface area contributed by atoms with E-state index in [4.69, 9.17) is 8.71 Å². The Hall–Kier alpha value is -3.20. The Bertz CT molecular complexity index is 1040. The van der Waals surface area contributed by atoms with Gasteiger partial charge in [0.1, 0.15) is 10.6 Å². The number of aryl methyl sites for hydroxylation is 1. The molecule has 0 saturated carbocycles. The van der Waals surface area contributed by atoms with Gasteiger partial charge in [0.25, 0.3) is 0 Å². The van der Waals surface area contributed by atoms with Crippen molar-refractivity contribution in [1.82, 2.24) is 10.1 Å². The molecule has 0 atom stereocenters. The third-order valence-corrected chi connectivity index (χ3v) is 4.63. The molecule has 8 nitrogen and oxygen atoms in total. The van der Waals surface area contributed by atoms with Crippen LogP contribution in [0.4, 0.5) is 0 Å². The third-order valence-electron chi connectivity index (χ3n) is 3.39. The average Bonchev–Trinajstić information content (AvgIpc) is 3.08. The summed E-state index contributed by atoms with van der Waals surface area (Å²) in [6.07, 6.45) is 0. The van der Waals surface area contributed by atoms with E-state index in [9.17, 15) is 13.2 Å². The Labute approximate surface area is 149 Å². The molecule has 0 fully saturated rings. The number of esters is 1. The van der Waals surface area contributed by atoms with Gasteiger partial charge in [0.15, 0.2) is 0 Å². The van der Waals surface area contributed by atoms with Crippen molar-refractivity contribution >= 4 is 16.1 Å². The molecule has 0 aliphatic heterocycles. The highest BCUT2D eigenvalue weighted by atomic mass is 32.2. The molecule has 0 aliphatic carbocycles. The number of carbonyl (C=O) groups excluding carboxylic acids is 1. The van der Waals surface area contributed by atoms with E-state index in [1.807, 2.05) is 0 Å². The molecule has 0 bridgehead atoms. The first-order valence-corrected chi connectivity index (χ1v) is 8.83. The van der Waals surface area contributed by atoms with E-state index in [-0.39, 0.29) is 16.2 Å². The van der Waals surface area contributed by atoms with Gasteiger partial charge in [-0.1, -0.05) is 11.2 Å². The van der Waals surface area contributed by atoms with Crippen LogP contribution in [0.15, 0.2) is 57.9 Å². The van der Waals surface area contributed by atoms with E-state index in [0.29, 0.717) is 17.3 Å². The molecule has 26 heavy (non-hydrogen) atoms. The number of hydrogen-bond donors (Lipinski definition) is 0. The molecule has 3 rings (SSSR count). The first kappa shape index (κ1) is 17.6. The molecular formula is C17H14N2O6S. The van der Waals surface area contributed by atoms with Gasteiger partial charge in [-0.2, -0.15) is 13.4 Å². The van der Waals surface area contributed by atoms with Crippen LogP contribution in [0.2, 0.25) is 0 Å². The Kier molecular flexibility index (Phi) is 4.72. The molecule has 9 heteroatoms. The zero-order valence-electron chi connectivity index (χ0n) is 13.9. The number of rotatable bonds is 5. The van der Waals surface area contributed by atoms with Gasteiger partial charge in [0, 0.05) is 12.5 Å². The van der Waals surface area contributed by atoms with Crippen molar-refractivity contribution in [3.8, 4) is 17.1 Å². The van der Waals surface area contributed by atoms with Crippen molar-refractivity contribution in [1.29, 1.82) is 0 Å². The number of ether oxygens (including phenoxy) is 1. The summed E-state index contributed by atoms with van der Waals surface area (Å²) in [6.45, 7) is 1.67. The van der Waals surface area contributed by atoms with Crippen LogP contribution in [0.25, 0.3) is 11.4 Å². The highest BCUT2D eigenvalue weighted by Crippen LogP contribution is 2.23. The first-order chi connectivity index (χ1) is 12.4. The first-order valence-electron chi connectivity index (χ1n) is 7.42. The van der Waals surface area contributed by atoms with Crippen LogP contribution >= 0.6 is 0 Å². The molecule has 0 N–H and O–H groups in total. The quantitative estimate of drug-likeness (QED) is 0.495. The van der Waals surface area contributed by atoms with Gasteiger partial charge >= 0.3 is 16.1 Å². The molecule has 0 radical (unpaired) electrons. The minimum atomic E-state index is -4.11. The Morgan fingerprint density at radius 3 is 2.46 bits per heavy atom. The summed E-state index contributed by atoms with van der Waals surface area (Å²) in [4.78, 5) is 15.5. The Morgan fingerprint density at radius 1 is 1.12 bits per heavy atom. The molecule has 0 unspecified atom stereocenters. The summed E-state index contributed by atoms with van der Waals surface area (Å²) in [6, 6.07) is 11.6. The fraction of sp³-hybridized carbons (Fsp3) is 0.118. The van der Waals surface area contributed by atoms with E-state index < -0.39 is 16.1 Å². The van der Waals surface area contributed by atoms with E-state index in [2.05, 4.69) is 14.9 Å². The lowest BCUT2D eigenvalue weighted by atomic mass is 10.2. The van der Waals surface area contributed by atoms with Crippen LogP contribution in [-0.2, 0) is 14.9 Å². The van der Waals surface area contributed by atoms with E-state index in [0.717, 1.165) is 0 Å². The summed E-state index contributed by atoms with van der Waals surface area (Å²) in [5.41, 5.74) is 0.763. The molecule has 134 valence electrons. The van der Waals surface area contributed by atoms with Crippen LogP contribution in [-0.4, -0.2) is 31.6 Å². The van der Waals surface area contributed by atoms with E-state index in [1.165, 1.54) is 43.5 Å². The largest absolute Gasteiger partial charge is 0.465 e. The van der Waals surface area contributed by atoms with Gasteiger partial charge in [-0.05, 0) is 42.5 Å². The minimum absolute atomic E-state index is 0.109. The smallest absolute Gasteiger partial charge is 0.339 e. The van der Waals surface area contributed by atoms with Crippen LogP contribution in [0, 0.1) is 6.92 Å². The maximum Gasteiger partial charge on any atom is 0.339 e. The number of aromatic nitrogens is 2. The van der Waals surface area contributed by atoms with Crippen molar-refractivity contribution < 1.29 is 26.7 Å². The van der Waals surface area contributed by atoms with Gasteiger partial charge in [-0.25, -0.2) is 4.79 Å². The molecule has 2 aromatic carbocycles. The zero-order valence-corrected chi connectivity index (χ0v) is 14.7. The molecule has 1 heterocycles. The van der Waals surface area contributed by atoms with Crippen molar-refractivity contribution in [2.24, 2.45) is 0 Å². The van der Waals surface area contributed by atoms with Gasteiger partial charge in [0.05, 0.1) is 12.7 Å². The summed E-state index contributed by atoms with van der Waals surface area (Å²) in [5, 5.41) is 3.78. The SMILES string of the molecule is COC(=O)c1cccc(S(=O)(=O)Oc2ccc(-c3noc(C)n3)cc2)c1. The maximum absolute atomic E-state index is 12.4. The summed E-state index contributed by atoms with van der Waals surface area (Å²) >= 11 is 0. The summed E-state index contributed by atoms with van der Waals surface area (Å²) < 4.78 is 39.4. The molecule has 1 aromatic heterocycles. The van der Waals surface area contributed by atoms with Gasteiger partial charge in [-0.15, -0.1) is 0 Å². The second-order valence-electron chi connectivity index (χ2n) is 5.22. The standard InChI is InChI=1S/C17H14N2O6S/c1-11-18-16(19-24-11)12-6-8-14(9-7-12)25-26(21,22)15-5-3-4-13(10-15)17(20)23-2/h3-10H,1-2H3. The van der Waals surface area contributed by atoms with Crippen molar-refractivity contribution in [2.75, 3.05) is 7.11 Å². The highest BCUT2D eigenvalue weighted by Gasteiger charge is 2.19. The van der Waals surface area contributed by atoms with Gasteiger partial charge in [0.2, 0.25) is 11.7 Å². The van der Waals surface area contributed by atoms with E-state index >= 15 is 0 Å².